The molecule has 4 aromatic rings. The van der Waals surface area contributed by atoms with E-state index in [1.54, 1.807) is 37.1 Å². The third-order valence-electron chi connectivity index (χ3n) is 4.75. The maximum absolute atomic E-state index is 12.5. The molecule has 6 nitrogen and oxygen atoms in total. The Morgan fingerprint density at radius 1 is 0.967 bits per heavy atom. The number of aryl methyl sites for hydroxylation is 1. The summed E-state index contributed by atoms with van der Waals surface area (Å²) in [5.74, 6) is 0. The Labute approximate surface area is 179 Å². The lowest BCUT2D eigenvalue weighted by atomic mass is 9.99. The molecule has 30 heavy (non-hydrogen) atoms. The lowest BCUT2D eigenvalue weighted by Gasteiger charge is -2.20. The van der Waals surface area contributed by atoms with Gasteiger partial charge in [0.15, 0.2) is 0 Å². The van der Waals surface area contributed by atoms with E-state index >= 15 is 0 Å². The molecular formula is C23H20ClN5O. The fraction of sp³-hybridized carbons (Fsp3) is 0.0870. The summed E-state index contributed by atoms with van der Waals surface area (Å²) in [6.45, 7) is 1.91. The number of urea groups is 1. The Morgan fingerprint density at radius 2 is 1.80 bits per heavy atom. The number of hydrogen-bond donors (Lipinski definition) is 2. The molecular weight excluding hydrogens is 398 g/mol. The minimum Gasteiger partial charge on any atom is -0.326 e. The molecule has 2 amide bonds. The van der Waals surface area contributed by atoms with Crippen LogP contribution >= 0.6 is 11.6 Å². The summed E-state index contributed by atoms with van der Waals surface area (Å²) in [6, 6.07) is 16.7. The van der Waals surface area contributed by atoms with Gasteiger partial charge in [-0.05, 0) is 60.0 Å². The third-order valence-corrected chi connectivity index (χ3v) is 4.99. The molecule has 0 saturated carbocycles. The van der Waals surface area contributed by atoms with Gasteiger partial charge in [0.05, 0.1) is 12.4 Å². The second kappa shape index (κ2) is 8.80. The van der Waals surface area contributed by atoms with Crippen LogP contribution in [0.3, 0.4) is 0 Å². The second-order valence-electron chi connectivity index (χ2n) is 6.86. The number of aromatic nitrogens is 3. The molecule has 2 aromatic carbocycles. The zero-order valence-electron chi connectivity index (χ0n) is 16.3. The van der Waals surface area contributed by atoms with Crippen LogP contribution in [0.5, 0.6) is 0 Å². The molecule has 7 heteroatoms. The van der Waals surface area contributed by atoms with E-state index in [1.807, 2.05) is 60.2 Å². The first-order valence-corrected chi connectivity index (χ1v) is 9.79. The highest BCUT2D eigenvalue weighted by atomic mass is 35.5. The van der Waals surface area contributed by atoms with E-state index in [4.69, 9.17) is 11.6 Å². The fourth-order valence-electron chi connectivity index (χ4n) is 3.30. The number of carbonyl (C=O) groups excluding carboxylic acids is 1. The van der Waals surface area contributed by atoms with Crippen LogP contribution in [0.2, 0.25) is 5.02 Å². The fourth-order valence-corrected chi connectivity index (χ4v) is 3.48. The molecule has 0 radical (unpaired) electrons. The number of carbonyl (C=O) groups is 1. The predicted molar refractivity (Wildman–Crippen MR) is 119 cm³/mol. The van der Waals surface area contributed by atoms with Crippen molar-refractivity contribution in [1.29, 1.82) is 0 Å². The SMILES string of the molecule is Cc1ccc(Cl)cc1NC(=O)Nc1cccc(C(c2ccncc2)n2ccnc2)c1. The number of anilines is 2. The van der Waals surface area contributed by atoms with Crippen LogP contribution in [0, 0.1) is 6.92 Å². The summed E-state index contributed by atoms with van der Waals surface area (Å²) < 4.78 is 2.02. The van der Waals surface area contributed by atoms with Crippen molar-refractivity contribution in [3.05, 3.63) is 107 Å². The molecule has 0 aliphatic rings. The van der Waals surface area contributed by atoms with Gasteiger partial charge in [-0.3, -0.25) is 4.98 Å². The van der Waals surface area contributed by atoms with Gasteiger partial charge in [-0.1, -0.05) is 29.8 Å². The summed E-state index contributed by atoms with van der Waals surface area (Å²) in [5.41, 5.74) is 4.37. The number of halogens is 1. The van der Waals surface area contributed by atoms with Gasteiger partial charge >= 0.3 is 6.03 Å². The minimum atomic E-state index is -0.333. The van der Waals surface area contributed by atoms with E-state index in [-0.39, 0.29) is 12.1 Å². The van der Waals surface area contributed by atoms with Crippen molar-refractivity contribution in [1.82, 2.24) is 14.5 Å². The highest BCUT2D eigenvalue weighted by molar-refractivity contribution is 6.31. The van der Waals surface area contributed by atoms with Crippen molar-refractivity contribution in [3.8, 4) is 0 Å². The molecule has 2 heterocycles. The highest BCUT2D eigenvalue weighted by Crippen LogP contribution is 2.28. The van der Waals surface area contributed by atoms with Gasteiger partial charge in [0, 0.05) is 41.2 Å². The highest BCUT2D eigenvalue weighted by Gasteiger charge is 2.16. The summed E-state index contributed by atoms with van der Waals surface area (Å²) in [4.78, 5) is 20.8. The first-order chi connectivity index (χ1) is 14.6. The maximum Gasteiger partial charge on any atom is 0.323 e. The van der Waals surface area contributed by atoms with E-state index in [0.29, 0.717) is 16.4 Å². The van der Waals surface area contributed by atoms with Crippen LogP contribution in [0.1, 0.15) is 22.7 Å². The maximum atomic E-state index is 12.5. The van der Waals surface area contributed by atoms with E-state index in [9.17, 15) is 4.79 Å². The molecule has 0 fully saturated rings. The van der Waals surface area contributed by atoms with Gasteiger partial charge < -0.3 is 15.2 Å². The van der Waals surface area contributed by atoms with E-state index in [0.717, 1.165) is 16.7 Å². The monoisotopic (exact) mass is 417 g/mol. The number of nitrogens with one attached hydrogen (secondary N) is 2. The number of benzene rings is 2. The van der Waals surface area contributed by atoms with Crippen molar-refractivity contribution in [3.63, 3.8) is 0 Å². The van der Waals surface area contributed by atoms with Gasteiger partial charge in [-0.15, -0.1) is 0 Å². The lowest BCUT2D eigenvalue weighted by molar-refractivity contribution is 0.262. The van der Waals surface area contributed by atoms with Gasteiger partial charge in [-0.25, -0.2) is 9.78 Å². The molecule has 0 spiro atoms. The van der Waals surface area contributed by atoms with Gasteiger partial charge in [0.1, 0.15) is 0 Å². The average molecular weight is 418 g/mol. The number of imidazole rings is 1. The molecule has 0 aliphatic carbocycles. The Morgan fingerprint density at radius 3 is 2.57 bits per heavy atom. The van der Waals surface area contributed by atoms with E-state index < -0.39 is 0 Å². The number of hydrogen-bond acceptors (Lipinski definition) is 3. The zero-order valence-corrected chi connectivity index (χ0v) is 17.0. The molecule has 150 valence electrons. The molecule has 0 saturated heterocycles. The van der Waals surface area contributed by atoms with Gasteiger partial charge in [0.25, 0.3) is 0 Å². The van der Waals surface area contributed by atoms with Crippen molar-refractivity contribution in [2.75, 3.05) is 10.6 Å². The van der Waals surface area contributed by atoms with Crippen LogP contribution in [-0.2, 0) is 0 Å². The smallest absolute Gasteiger partial charge is 0.323 e. The van der Waals surface area contributed by atoms with Gasteiger partial charge in [0.2, 0.25) is 0 Å². The normalized spacial score (nSPS) is 11.7. The lowest BCUT2D eigenvalue weighted by Crippen LogP contribution is -2.20. The summed E-state index contributed by atoms with van der Waals surface area (Å²) in [5, 5.41) is 6.32. The van der Waals surface area contributed by atoms with Gasteiger partial charge in [-0.2, -0.15) is 0 Å². The number of amides is 2. The molecule has 1 unspecified atom stereocenters. The Bertz CT molecular complexity index is 1150. The van der Waals surface area contributed by atoms with Crippen LogP contribution in [0.25, 0.3) is 0 Å². The number of pyridine rings is 1. The van der Waals surface area contributed by atoms with Crippen molar-refractivity contribution < 1.29 is 4.79 Å². The quantitative estimate of drug-likeness (QED) is 0.449. The molecule has 2 aromatic heterocycles. The van der Waals surface area contributed by atoms with Crippen LogP contribution in [0.4, 0.5) is 16.2 Å². The Balaban J connectivity index is 1.58. The Kier molecular flexibility index (Phi) is 5.77. The van der Waals surface area contributed by atoms with Crippen LogP contribution < -0.4 is 10.6 Å². The van der Waals surface area contributed by atoms with E-state index in [1.165, 1.54) is 0 Å². The van der Waals surface area contributed by atoms with Crippen LogP contribution in [0.15, 0.2) is 85.7 Å². The first-order valence-electron chi connectivity index (χ1n) is 9.41. The van der Waals surface area contributed by atoms with Crippen molar-refractivity contribution in [2.24, 2.45) is 0 Å². The number of nitrogens with zero attached hydrogens (tertiary/aromatic N) is 3. The third kappa shape index (κ3) is 4.50. The molecule has 1 atom stereocenters. The van der Waals surface area contributed by atoms with Crippen LogP contribution in [-0.4, -0.2) is 20.6 Å². The van der Waals surface area contributed by atoms with Crippen molar-refractivity contribution in [2.45, 2.75) is 13.0 Å². The largest absolute Gasteiger partial charge is 0.326 e. The standard InChI is InChI=1S/C23H20ClN5O/c1-16-5-6-19(24)14-21(16)28-23(30)27-20-4-2-3-18(13-20)22(29-12-11-26-15-29)17-7-9-25-10-8-17/h2-15,22H,1H3,(H2,27,28,30). The summed E-state index contributed by atoms with van der Waals surface area (Å²) in [7, 11) is 0. The average Bonchev–Trinajstić information content (AvgIpc) is 3.26. The molecule has 4 rings (SSSR count). The molecule has 2 N–H and O–H groups in total. The molecule has 0 bridgehead atoms. The predicted octanol–water partition coefficient (Wildman–Crippen LogP) is 5.52. The zero-order chi connectivity index (χ0) is 20.9. The number of rotatable bonds is 5. The Hall–Kier alpha value is -3.64. The summed E-state index contributed by atoms with van der Waals surface area (Å²) in [6.07, 6.45) is 8.97. The molecule has 0 aliphatic heterocycles. The second-order valence-corrected chi connectivity index (χ2v) is 7.29. The van der Waals surface area contributed by atoms with E-state index in [2.05, 4.69) is 20.6 Å². The van der Waals surface area contributed by atoms with Crippen molar-refractivity contribution >= 4 is 29.0 Å². The summed E-state index contributed by atoms with van der Waals surface area (Å²) >= 11 is 6.04. The first kappa shape index (κ1) is 19.7. The topological polar surface area (TPSA) is 71.8 Å². The minimum absolute atomic E-state index is 0.0875.